The van der Waals surface area contributed by atoms with E-state index in [4.69, 9.17) is 51.1 Å². The molecule has 7 nitrogen and oxygen atoms in total. The van der Waals surface area contributed by atoms with Crippen molar-refractivity contribution in [3.63, 3.8) is 0 Å². The van der Waals surface area contributed by atoms with Crippen molar-refractivity contribution in [3.05, 3.63) is 85.8 Å². The van der Waals surface area contributed by atoms with E-state index >= 15 is 0 Å². The summed E-state index contributed by atoms with van der Waals surface area (Å²) in [4.78, 5) is 24.9. The Morgan fingerprint density at radius 1 is 0.853 bits per heavy atom. The van der Waals surface area contributed by atoms with Crippen molar-refractivity contribution >= 4 is 79.7 Å². The Labute approximate surface area is 216 Å². The van der Waals surface area contributed by atoms with Crippen molar-refractivity contribution < 1.29 is 22.7 Å². The monoisotopic (exact) mass is 560 g/mol. The molecule has 178 valence electrons. The molecule has 34 heavy (non-hydrogen) atoms. The number of carbonyl (C=O) groups is 2. The van der Waals surface area contributed by atoms with E-state index in [-0.39, 0.29) is 54.1 Å². The van der Waals surface area contributed by atoms with E-state index in [2.05, 4.69) is 10.0 Å². The largest absolute Gasteiger partial charge is 0.462 e. The number of sulfonamides is 1. The number of benzene rings is 3. The van der Waals surface area contributed by atoms with Crippen LogP contribution in [0.5, 0.6) is 0 Å². The zero-order chi connectivity index (χ0) is 25.0. The molecule has 0 aliphatic rings. The van der Waals surface area contributed by atoms with Gasteiger partial charge in [-0.15, -0.1) is 0 Å². The second-order valence-corrected chi connectivity index (χ2v) is 10.1. The van der Waals surface area contributed by atoms with Gasteiger partial charge in [0.1, 0.15) is 0 Å². The number of carbonyl (C=O) groups excluding carboxylic acids is 2. The molecule has 0 spiro atoms. The van der Waals surface area contributed by atoms with Crippen molar-refractivity contribution in [3.8, 4) is 0 Å². The number of nitrogens with one attached hydrogen (secondary N) is 2. The van der Waals surface area contributed by atoms with Gasteiger partial charge in [0.05, 0.1) is 43.4 Å². The number of halogens is 4. The molecule has 1 amide bonds. The summed E-state index contributed by atoms with van der Waals surface area (Å²) in [7, 11) is -4.12. The normalized spacial score (nSPS) is 11.1. The summed E-state index contributed by atoms with van der Waals surface area (Å²) in [5.74, 6) is -1.34. The van der Waals surface area contributed by atoms with E-state index in [9.17, 15) is 18.0 Å². The van der Waals surface area contributed by atoms with Crippen LogP contribution in [-0.2, 0) is 14.8 Å². The molecule has 0 heterocycles. The van der Waals surface area contributed by atoms with Crippen molar-refractivity contribution in [1.82, 2.24) is 0 Å². The van der Waals surface area contributed by atoms with Gasteiger partial charge in [-0.1, -0.05) is 46.4 Å². The minimum absolute atomic E-state index is 0.0347. The van der Waals surface area contributed by atoms with E-state index in [0.717, 1.165) is 0 Å². The van der Waals surface area contributed by atoms with Gasteiger partial charge in [0.15, 0.2) is 0 Å². The smallest absolute Gasteiger partial charge is 0.339 e. The number of rotatable bonds is 7. The Kier molecular flexibility index (Phi) is 8.33. The molecule has 0 aliphatic heterocycles. The Hall–Kier alpha value is -2.49. The summed E-state index contributed by atoms with van der Waals surface area (Å²) in [5, 5.41) is 3.19. The molecule has 0 bridgehead atoms. The topological polar surface area (TPSA) is 102 Å². The third-order valence-corrected chi connectivity index (χ3v) is 7.06. The molecular weight excluding hydrogens is 546 g/mol. The number of hydrogen-bond donors (Lipinski definition) is 2. The summed E-state index contributed by atoms with van der Waals surface area (Å²) in [6.07, 6.45) is 0. The van der Waals surface area contributed by atoms with Crippen molar-refractivity contribution in [1.29, 1.82) is 0 Å². The van der Waals surface area contributed by atoms with Gasteiger partial charge in [0.25, 0.3) is 15.9 Å². The van der Waals surface area contributed by atoms with E-state index in [0.29, 0.717) is 0 Å². The fraction of sp³-hybridized carbons (Fsp3) is 0.0909. The number of anilines is 2. The maximum atomic E-state index is 13.0. The van der Waals surface area contributed by atoms with E-state index < -0.39 is 21.9 Å². The predicted octanol–water partition coefficient (Wildman–Crippen LogP) is 6.53. The van der Waals surface area contributed by atoms with Crippen LogP contribution in [0.1, 0.15) is 27.6 Å². The fourth-order valence-corrected chi connectivity index (χ4v) is 4.64. The van der Waals surface area contributed by atoms with E-state index in [1.54, 1.807) is 6.92 Å². The highest BCUT2D eigenvalue weighted by Gasteiger charge is 2.21. The SMILES string of the molecule is CCOC(=O)c1cc(NC(=O)c2cc(Cl)ccc2NS(=O)(=O)c2ccc(Cl)c(Cl)c2)ccc1Cl. The average molecular weight is 562 g/mol. The molecule has 3 aromatic rings. The highest BCUT2D eigenvalue weighted by atomic mass is 35.5. The number of ether oxygens (including phenoxy) is 1. The van der Waals surface area contributed by atoms with Gasteiger partial charge in [-0.2, -0.15) is 0 Å². The molecule has 0 saturated carbocycles. The standard InChI is InChI=1S/C22H16Cl4N2O5S/c1-2-33-22(30)15-10-13(4-6-17(15)24)27-21(29)16-9-12(23)3-8-20(16)28-34(31,32)14-5-7-18(25)19(26)11-14/h3-11,28H,2H2,1H3,(H,27,29). The lowest BCUT2D eigenvalue weighted by molar-refractivity contribution is 0.0526. The third kappa shape index (κ3) is 6.14. The molecule has 0 radical (unpaired) electrons. The van der Waals surface area contributed by atoms with Gasteiger partial charge in [0.2, 0.25) is 0 Å². The molecule has 0 fully saturated rings. The molecule has 0 aliphatic carbocycles. The van der Waals surface area contributed by atoms with Crippen molar-refractivity contribution in [2.24, 2.45) is 0 Å². The Morgan fingerprint density at radius 3 is 2.24 bits per heavy atom. The van der Waals surface area contributed by atoms with E-state index in [1.807, 2.05) is 0 Å². The van der Waals surface area contributed by atoms with Crippen LogP contribution in [0.15, 0.2) is 59.5 Å². The van der Waals surface area contributed by atoms with Gasteiger partial charge in [0, 0.05) is 10.7 Å². The maximum absolute atomic E-state index is 13.0. The highest BCUT2D eigenvalue weighted by molar-refractivity contribution is 7.92. The second-order valence-electron chi connectivity index (χ2n) is 6.74. The Bertz CT molecular complexity index is 1380. The molecular formula is C22H16Cl4N2O5S. The molecule has 2 N–H and O–H groups in total. The molecule has 3 rings (SSSR count). The van der Waals surface area contributed by atoms with Crippen LogP contribution in [0, 0.1) is 0 Å². The minimum Gasteiger partial charge on any atom is -0.462 e. The highest BCUT2D eigenvalue weighted by Crippen LogP contribution is 2.29. The predicted molar refractivity (Wildman–Crippen MR) is 134 cm³/mol. The molecule has 0 saturated heterocycles. The first-order valence-electron chi connectivity index (χ1n) is 9.57. The van der Waals surface area contributed by atoms with Crippen LogP contribution in [0.4, 0.5) is 11.4 Å². The summed E-state index contributed by atoms with van der Waals surface area (Å²) in [6.45, 7) is 1.80. The first-order chi connectivity index (χ1) is 16.0. The van der Waals surface area contributed by atoms with Crippen LogP contribution in [-0.4, -0.2) is 26.9 Å². The molecule has 12 heteroatoms. The molecule has 0 aromatic heterocycles. The molecule has 3 aromatic carbocycles. The Balaban J connectivity index is 1.92. The Morgan fingerprint density at radius 2 is 1.56 bits per heavy atom. The van der Waals surface area contributed by atoms with Crippen LogP contribution >= 0.6 is 46.4 Å². The maximum Gasteiger partial charge on any atom is 0.339 e. The van der Waals surface area contributed by atoms with E-state index in [1.165, 1.54) is 54.6 Å². The van der Waals surface area contributed by atoms with Crippen LogP contribution in [0.25, 0.3) is 0 Å². The lowest BCUT2D eigenvalue weighted by atomic mass is 10.1. The van der Waals surface area contributed by atoms with Gasteiger partial charge >= 0.3 is 5.97 Å². The van der Waals surface area contributed by atoms with Crippen LogP contribution in [0.2, 0.25) is 20.1 Å². The minimum atomic E-state index is -4.12. The fourth-order valence-electron chi connectivity index (χ4n) is 2.81. The second kappa shape index (κ2) is 10.8. The summed E-state index contributed by atoms with van der Waals surface area (Å²) in [5.41, 5.74) is 0.194. The number of amides is 1. The molecule has 0 atom stereocenters. The lowest BCUT2D eigenvalue weighted by Gasteiger charge is -2.14. The first kappa shape index (κ1) is 26.1. The zero-order valence-electron chi connectivity index (χ0n) is 17.4. The lowest BCUT2D eigenvalue weighted by Crippen LogP contribution is -2.19. The van der Waals surface area contributed by atoms with Gasteiger partial charge < -0.3 is 10.1 Å². The number of hydrogen-bond acceptors (Lipinski definition) is 5. The van der Waals surface area contributed by atoms with Crippen LogP contribution < -0.4 is 10.0 Å². The number of esters is 1. The van der Waals surface area contributed by atoms with Crippen molar-refractivity contribution in [2.45, 2.75) is 11.8 Å². The van der Waals surface area contributed by atoms with Gasteiger partial charge in [-0.05, 0) is 61.5 Å². The quantitative estimate of drug-likeness (QED) is 0.319. The molecule has 0 unspecified atom stereocenters. The summed E-state index contributed by atoms with van der Waals surface area (Å²) >= 11 is 23.9. The first-order valence-corrected chi connectivity index (χ1v) is 12.6. The van der Waals surface area contributed by atoms with Gasteiger partial charge in [-0.25, -0.2) is 13.2 Å². The summed E-state index contributed by atoms with van der Waals surface area (Å²) in [6, 6.07) is 12.1. The average Bonchev–Trinajstić information content (AvgIpc) is 2.78. The van der Waals surface area contributed by atoms with Crippen molar-refractivity contribution in [2.75, 3.05) is 16.6 Å². The van der Waals surface area contributed by atoms with Gasteiger partial charge in [-0.3, -0.25) is 9.52 Å². The third-order valence-electron chi connectivity index (χ3n) is 4.39. The summed E-state index contributed by atoms with van der Waals surface area (Å²) < 4.78 is 33.0. The zero-order valence-corrected chi connectivity index (χ0v) is 21.2. The van der Waals surface area contributed by atoms with Crippen LogP contribution in [0.3, 0.4) is 0 Å².